The largest absolute Gasteiger partial charge is 0.282 e. The van der Waals surface area contributed by atoms with Gasteiger partial charge in [-0.1, -0.05) is 12.8 Å². The lowest BCUT2D eigenvalue weighted by molar-refractivity contribution is 0.144. The molecule has 2 aromatic rings. The Morgan fingerprint density at radius 2 is 1.91 bits per heavy atom. The van der Waals surface area contributed by atoms with E-state index in [-0.39, 0.29) is 22.5 Å². The summed E-state index contributed by atoms with van der Waals surface area (Å²) in [5, 5.41) is 11.2. The minimum Gasteiger partial charge on any atom is -0.222 e. The number of halogens is 2. The fraction of sp³-hybridized carbons (Fsp3) is 0.500. The number of aromatic nitrogens is 4. The first-order valence-corrected chi connectivity index (χ1v) is 9.17. The number of nitrogens with zero attached hydrogens (tertiary/aromatic N) is 4. The Morgan fingerprint density at radius 1 is 1.22 bits per heavy atom. The summed E-state index contributed by atoms with van der Waals surface area (Å²) in [6.07, 6.45) is 3.74. The molecule has 0 aromatic carbocycles. The van der Waals surface area contributed by atoms with E-state index in [1.807, 2.05) is 0 Å². The molecule has 6 nitrogen and oxygen atoms in total. The first kappa shape index (κ1) is 16.0. The molecule has 1 aliphatic carbocycles. The second-order valence-electron chi connectivity index (χ2n) is 5.70. The molecule has 2 heterocycles. The molecule has 9 heteroatoms. The fourth-order valence-electron chi connectivity index (χ4n) is 2.87. The van der Waals surface area contributed by atoms with Crippen LogP contribution >= 0.6 is 0 Å². The van der Waals surface area contributed by atoms with Crippen LogP contribution in [0.1, 0.15) is 49.3 Å². The quantitative estimate of drug-likeness (QED) is 0.853. The first-order chi connectivity index (χ1) is 10.9. The maximum absolute atomic E-state index is 13.2. The molecule has 1 aliphatic rings. The second kappa shape index (κ2) is 5.95. The van der Waals surface area contributed by atoms with Crippen molar-refractivity contribution < 1.29 is 17.2 Å². The molecule has 0 bridgehead atoms. The Balaban J connectivity index is 1.98. The number of hydrogen-bond donors (Lipinski definition) is 0. The van der Waals surface area contributed by atoms with Gasteiger partial charge >= 0.3 is 0 Å². The first-order valence-electron chi connectivity index (χ1n) is 7.28. The average Bonchev–Trinajstić information content (AvgIpc) is 3.15. The molecule has 1 saturated carbocycles. The van der Waals surface area contributed by atoms with Crippen LogP contribution < -0.4 is 0 Å². The van der Waals surface area contributed by atoms with Crippen molar-refractivity contribution in [1.29, 1.82) is 0 Å². The molecule has 0 unspecified atom stereocenters. The molecule has 0 spiro atoms. The van der Waals surface area contributed by atoms with Crippen LogP contribution in [0.15, 0.2) is 23.4 Å². The van der Waals surface area contributed by atoms with Crippen LogP contribution in [0.3, 0.4) is 0 Å². The lowest BCUT2D eigenvalue weighted by atomic mass is 9.98. The van der Waals surface area contributed by atoms with Gasteiger partial charge in [0.15, 0.2) is 20.7 Å². The van der Waals surface area contributed by atoms with Gasteiger partial charge in [0, 0.05) is 18.0 Å². The van der Waals surface area contributed by atoms with Crippen molar-refractivity contribution in [2.24, 2.45) is 0 Å². The molecule has 2 aromatic heterocycles. The topological polar surface area (TPSA) is 77.7 Å². The molecule has 3 rings (SSSR count). The summed E-state index contributed by atoms with van der Waals surface area (Å²) in [5.41, 5.74) is 0.317. The molecule has 23 heavy (non-hydrogen) atoms. The van der Waals surface area contributed by atoms with E-state index in [4.69, 9.17) is 0 Å². The summed E-state index contributed by atoms with van der Waals surface area (Å²) < 4.78 is 50.5. The molecule has 0 atom stereocenters. The standard InChI is InChI=1S/C14H16F2N4O2S/c1-23(21,22)12-7-6-11(17-18-12)20-8-10(9-4-2-3-5-9)13(19-20)14(15)16/h6-9,14H,2-5H2,1H3. The van der Waals surface area contributed by atoms with Gasteiger partial charge in [-0.15, -0.1) is 10.2 Å². The third-order valence-corrected chi connectivity index (χ3v) is 4.99. The van der Waals surface area contributed by atoms with Gasteiger partial charge < -0.3 is 0 Å². The molecule has 1 fully saturated rings. The highest BCUT2D eigenvalue weighted by molar-refractivity contribution is 7.90. The summed E-state index contributed by atoms with van der Waals surface area (Å²) in [4.78, 5) is 0. The van der Waals surface area contributed by atoms with Gasteiger partial charge in [-0.05, 0) is 30.9 Å². The van der Waals surface area contributed by atoms with Gasteiger partial charge in [0.25, 0.3) is 6.43 Å². The normalized spacial score (nSPS) is 16.3. The van der Waals surface area contributed by atoms with Crippen molar-refractivity contribution >= 4 is 9.84 Å². The zero-order valence-corrected chi connectivity index (χ0v) is 13.3. The zero-order chi connectivity index (χ0) is 16.6. The van der Waals surface area contributed by atoms with Crippen LogP contribution in [-0.4, -0.2) is 34.7 Å². The lowest BCUT2D eigenvalue weighted by Gasteiger charge is -2.07. The van der Waals surface area contributed by atoms with E-state index >= 15 is 0 Å². The monoisotopic (exact) mass is 342 g/mol. The maximum atomic E-state index is 13.2. The summed E-state index contributed by atoms with van der Waals surface area (Å²) in [6, 6.07) is 2.70. The smallest absolute Gasteiger partial charge is 0.222 e. The molecule has 0 radical (unpaired) electrons. The Labute approximate surface area is 132 Å². The van der Waals surface area contributed by atoms with E-state index in [1.54, 1.807) is 6.20 Å². The van der Waals surface area contributed by atoms with Crippen LogP contribution in [0, 0.1) is 0 Å². The van der Waals surface area contributed by atoms with Crippen LogP contribution in [0.4, 0.5) is 8.78 Å². The van der Waals surface area contributed by atoms with Crippen molar-refractivity contribution in [2.45, 2.75) is 43.1 Å². The average molecular weight is 342 g/mol. The number of hydrogen-bond acceptors (Lipinski definition) is 5. The van der Waals surface area contributed by atoms with Crippen molar-refractivity contribution in [3.63, 3.8) is 0 Å². The fourth-order valence-corrected chi connectivity index (χ4v) is 3.38. The van der Waals surface area contributed by atoms with E-state index in [0.717, 1.165) is 31.9 Å². The van der Waals surface area contributed by atoms with E-state index in [1.165, 1.54) is 16.8 Å². The minimum atomic E-state index is -3.45. The maximum Gasteiger partial charge on any atom is 0.282 e. The molecule has 0 aliphatic heterocycles. The van der Waals surface area contributed by atoms with Gasteiger partial charge in [-0.3, -0.25) is 0 Å². The highest BCUT2D eigenvalue weighted by Crippen LogP contribution is 2.38. The van der Waals surface area contributed by atoms with Gasteiger partial charge in [0.1, 0.15) is 5.69 Å². The van der Waals surface area contributed by atoms with Crippen molar-refractivity contribution in [2.75, 3.05) is 6.26 Å². The molecular weight excluding hydrogens is 326 g/mol. The van der Waals surface area contributed by atoms with Crippen LogP contribution in [0.2, 0.25) is 0 Å². The van der Waals surface area contributed by atoms with Gasteiger partial charge in [0.05, 0.1) is 0 Å². The lowest BCUT2D eigenvalue weighted by Crippen LogP contribution is -2.06. The number of sulfone groups is 1. The molecular formula is C14H16F2N4O2S. The zero-order valence-electron chi connectivity index (χ0n) is 12.5. The van der Waals surface area contributed by atoms with Crippen molar-refractivity contribution in [3.8, 4) is 5.82 Å². The van der Waals surface area contributed by atoms with Gasteiger partial charge in [0.2, 0.25) is 0 Å². The van der Waals surface area contributed by atoms with Crippen molar-refractivity contribution in [3.05, 3.63) is 29.6 Å². The highest BCUT2D eigenvalue weighted by Gasteiger charge is 2.27. The third-order valence-electron chi connectivity index (χ3n) is 4.01. The van der Waals surface area contributed by atoms with E-state index < -0.39 is 16.3 Å². The summed E-state index contributed by atoms with van der Waals surface area (Å²) in [7, 11) is -3.45. The number of alkyl halides is 2. The van der Waals surface area contributed by atoms with Gasteiger partial charge in [-0.2, -0.15) is 5.10 Å². The Bertz CT molecular complexity index is 797. The predicted molar refractivity (Wildman–Crippen MR) is 78.4 cm³/mol. The van der Waals surface area contributed by atoms with E-state index in [9.17, 15) is 17.2 Å². The molecule has 0 N–H and O–H groups in total. The molecule has 0 amide bonds. The Morgan fingerprint density at radius 3 is 2.43 bits per heavy atom. The Hall–Kier alpha value is -1.90. The summed E-state index contributed by atoms with van der Waals surface area (Å²) in [6.45, 7) is 0. The van der Waals surface area contributed by atoms with Crippen molar-refractivity contribution in [1.82, 2.24) is 20.0 Å². The van der Waals surface area contributed by atoms with Crippen LogP contribution in [0.25, 0.3) is 5.82 Å². The second-order valence-corrected chi connectivity index (χ2v) is 7.66. The molecule has 0 saturated heterocycles. The van der Waals surface area contributed by atoms with E-state index in [0.29, 0.717) is 5.56 Å². The van der Waals surface area contributed by atoms with Gasteiger partial charge in [-0.25, -0.2) is 21.9 Å². The third kappa shape index (κ3) is 3.24. The summed E-state index contributed by atoms with van der Waals surface area (Å²) >= 11 is 0. The van der Waals surface area contributed by atoms with Crippen LogP contribution in [0.5, 0.6) is 0 Å². The minimum absolute atomic E-state index is 0.0935. The summed E-state index contributed by atoms with van der Waals surface area (Å²) in [5.74, 6) is 0.305. The van der Waals surface area contributed by atoms with Crippen LogP contribution in [-0.2, 0) is 9.84 Å². The predicted octanol–water partition coefficient (Wildman–Crippen LogP) is 2.66. The SMILES string of the molecule is CS(=O)(=O)c1ccc(-n2cc(C3CCCC3)c(C(F)F)n2)nn1. The number of rotatable bonds is 4. The molecule has 124 valence electrons. The van der Waals surface area contributed by atoms with E-state index in [2.05, 4.69) is 15.3 Å². The highest BCUT2D eigenvalue weighted by atomic mass is 32.2. The Kier molecular flexibility index (Phi) is 4.13.